The molecule has 0 saturated heterocycles. The van der Waals surface area contributed by atoms with E-state index >= 15 is 0 Å². The van der Waals surface area contributed by atoms with Gasteiger partial charge in [-0.25, -0.2) is 0 Å². The van der Waals surface area contributed by atoms with E-state index in [9.17, 15) is 5.11 Å². The van der Waals surface area contributed by atoms with Gasteiger partial charge in [-0.15, -0.1) is 0 Å². The largest absolute Gasteiger partial charge is 0.393 e. The molecule has 0 amide bonds. The van der Waals surface area contributed by atoms with E-state index < -0.39 is 0 Å². The maximum atomic E-state index is 9.97. The fourth-order valence-corrected chi connectivity index (χ4v) is 3.42. The highest BCUT2D eigenvalue weighted by Crippen LogP contribution is 2.33. The van der Waals surface area contributed by atoms with Gasteiger partial charge in [-0.1, -0.05) is 44.2 Å². The molecule has 1 N–H and O–H groups in total. The Morgan fingerprint density at radius 3 is 2.53 bits per heavy atom. The van der Waals surface area contributed by atoms with Gasteiger partial charge in [-0.05, 0) is 43.7 Å². The van der Waals surface area contributed by atoms with E-state index in [0.29, 0.717) is 17.9 Å². The lowest BCUT2D eigenvalue weighted by Crippen LogP contribution is -2.45. The first-order chi connectivity index (χ1) is 9.08. The predicted molar refractivity (Wildman–Crippen MR) is 79.9 cm³/mol. The Kier molecular flexibility index (Phi) is 5.00. The highest BCUT2D eigenvalue weighted by atomic mass is 16.3. The first kappa shape index (κ1) is 14.5. The standard InChI is InChI=1S/C17H27NO/c1-13(2)16-10-9-15(19)11-17(16)18(3)12-14-7-5-4-6-8-14/h4-8,13,15-17,19H,9-12H2,1-3H3. The zero-order valence-electron chi connectivity index (χ0n) is 12.4. The number of hydrogen-bond donors (Lipinski definition) is 1. The van der Waals surface area contributed by atoms with Crippen molar-refractivity contribution in [2.24, 2.45) is 11.8 Å². The summed E-state index contributed by atoms with van der Waals surface area (Å²) in [5.74, 6) is 1.40. The maximum absolute atomic E-state index is 9.97. The summed E-state index contributed by atoms with van der Waals surface area (Å²) in [6, 6.07) is 11.1. The summed E-state index contributed by atoms with van der Waals surface area (Å²) in [6.07, 6.45) is 2.94. The van der Waals surface area contributed by atoms with Crippen LogP contribution in [0.4, 0.5) is 0 Å². The van der Waals surface area contributed by atoms with Gasteiger partial charge in [0.2, 0.25) is 0 Å². The second-order valence-corrected chi connectivity index (χ2v) is 6.34. The van der Waals surface area contributed by atoms with Gasteiger partial charge < -0.3 is 5.11 Å². The van der Waals surface area contributed by atoms with E-state index in [2.05, 4.69) is 56.1 Å². The lowest BCUT2D eigenvalue weighted by molar-refractivity contribution is 0.0193. The van der Waals surface area contributed by atoms with E-state index in [4.69, 9.17) is 0 Å². The summed E-state index contributed by atoms with van der Waals surface area (Å²) in [5.41, 5.74) is 1.35. The number of hydrogen-bond acceptors (Lipinski definition) is 2. The zero-order valence-corrected chi connectivity index (χ0v) is 12.4. The Morgan fingerprint density at radius 2 is 1.89 bits per heavy atom. The Bertz CT molecular complexity index is 376. The number of nitrogens with zero attached hydrogens (tertiary/aromatic N) is 1. The maximum Gasteiger partial charge on any atom is 0.0555 e. The second kappa shape index (κ2) is 6.53. The van der Waals surface area contributed by atoms with E-state index in [0.717, 1.165) is 25.8 Å². The topological polar surface area (TPSA) is 23.5 Å². The highest BCUT2D eigenvalue weighted by Gasteiger charge is 2.33. The molecule has 2 rings (SSSR count). The molecule has 0 heterocycles. The number of rotatable bonds is 4. The van der Waals surface area contributed by atoms with Gasteiger partial charge in [-0.3, -0.25) is 4.90 Å². The van der Waals surface area contributed by atoms with Gasteiger partial charge in [0, 0.05) is 12.6 Å². The van der Waals surface area contributed by atoms with Crippen molar-refractivity contribution in [2.75, 3.05) is 7.05 Å². The van der Waals surface area contributed by atoms with Crippen LogP contribution >= 0.6 is 0 Å². The summed E-state index contributed by atoms with van der Waals surface area (Å²) in [5, 5.41) is 9.97. The molecule has 1 saturated carbocycles. The fourth-order valence-electron chi connectivity index (χ4n) is 3.42. The average Bonchev–Trinajstić information content (AvgIpc) is 2.39. The molecule has 1 fully saturated rings. The smallest absolute Gasteiger partial charge is 0.0555 e. The second-order valence-electron chi connectivity index (χ2n) is 6.34. The first-order valence-corrected chi connectivity index (χ1v) is 7.50. The van der Waals surface area contributed by atoms with Crippen molar-refractivity contribution in [2.45, 2.75) is 51.8 Å². The molecule has 2 nitrogen and oxygen atoms in total. The summed E-state index contributed by atoms with van der Waals surface area (Å²) in [4.78, 5) is 2.43. The van der Waals surface area contributed by atoms with Crippen LogP contribution in [0.5, 0.6) is 0 Å². The van der Waals surface area contributed by atoms with Crippen LogP contribution in [-0.2, 0) is 6.54 Å². The lowest BCUT2D eigenvalue weighted by atomic mass is 9.76. The molecule has 1 aliphatic rings. The molecular weight excluding hydrogens is 234 g/mol. The highest BCUT2D eigenvalue weighted by molar-refractivity contribution is 5.14. The van der Waals surface area contributed by atoms with Crippen LogP contribution in [0.1, 0.15) is 38.7 Å². The molecule has 0 bridgehead atoms. The summed E-state index contributed by atoms with van der Waals surface area (Å²) in [6.45, 7) is 5.60. The van der Waals surface area contributed by atoms with Crippen LogP contribution in [0.25, 0.3) is 0 Å². The van der Waals surface area contributed by atoms with Crippen molar-refractivity contribution in [3.8, 4) is 0 Å². The third-order valence-electron chi connectivity index (χ3n) is 4.54. The zero-order chi connectivity index (χ0) is 13.8. The van der Waals surface area contributed by atoms with Crippen LogP contribution in [0.15, 0.2) is 30.3 Å². The third kappa shape index (κ3) is 3.80. The first-order valence-electron chi connectivity index (χ1n) is 7.50. The van der Waals surface area contributed by atoms with Crippen molar-refractivity contribution in [1.29, 1.82) is 0 Å². The minimum Gasteiger partial charge on any atom is -0.393 e. The number of aliphatic hydroxyl groups excluding tert-OH is 1. The minimum atomic E-state index is -0.113. The molecular formula is C17H27NO. The van der Waals surface area contributed by atoms with Crippen molar-refractivity contribution in [1.82, 2.24) is 4.90 Å². The van der Waals surface area contributed by atoms with Gasteiger partial charge >= 0.3 is 0 Å². The Hall–Kier alpha value is -0.860. The molecule has 1 aliphatic carbocycles. The van der Waals surface area contributed by atoms with Crippen molar-refractivity contribution >= 4 is 0 Å². The Balaban J connectivity index is 2.04. The summed E-state index contributed by atoms with van der Waals surface area (Å²) in [7, 11) is 2.20. The van der Waals surface area contributed by atoms with E-state index in [1.54, 1.807) is 0 Å². The van der Waals surface area contributed by atoms with Crippen LogP contribution in [0, 0.1) is 11.8 Å². The van der Waals surface area contributed by atoms with Gasteiger partial charge in [0.1, 0.15) is 0 Å². The average molecular weight is 261 g/mol. The summed E-state index contributed by atoms with van der Waals surface area (Å²) < 4.78 is 0. The molecule has 0 aromatic heterocycles. The lowest BCUT2D eigenvalue weighted by Gasteiger charge is -2.42. The quantitative estimate of drug-likeness (QED) is 0.899. The van der Waals surface area contributed by atoms with Crippen LogP contribution in [0.3, 0.4) is 0 Å². The fraction of sp³-hybridized carbons (Fsp3) is 0.647. The molecule has 2 heteroatoms. The number of aliphatic hydroxyl groups is 1. The molecule has 0 radical (unpaired) electrons. The van der Waals surface area contributed by atoms with Crippen molar-refractivity contribution in [3.05, 3.63) is 35.9 Å². The van der Waals surface area contributed by atoms with Gasteiger partial charge in [0.05, 0.1) is 6.10 Å². The van der Waals surface area contributed by atoms with Crippen molar-refractivity contribution in [3.63, 3.8) is 0 Å². The molecule has 0 aliphatic heterocycles. The SMILES string of the molecule is CC(C)C1CCC(O)CC1N(C)Cc1ccccc1. The number of benzene rings is 1. The predicted octanol–water partition coefficient (Wildman–Crippen LogP) is 3.30. The molecule has 19 heavy (non-hydrogen) atoms. The van der Waals surface area contributed by atoms with Crippen molar-refractivity contribution < 1.29 is 5.11 Å². The molecule has 3 unspecified atom stereocenters. The monoisotopic (exact) mass is 261 g/mol. The molecule has 106 valence electrons. The Morgan fingerprint density at radius 1 is 1.21 bits per heavy atom. The van der Waals surface area contributed by atoms with Gasteiger partial charge in [-0.2, -0.15) is 0 Å². The summed E-state index contributed by atoms with van der Waals surface area (Å²) >= 11 is 0. The van der Waals surface area contributed by atoms with Gasteiger partial charge in [0.25, 0.3) is 0 Å². The molecule has 3 atom stereocenters. The van der Waals surface area contributed by atoms with Crippen LogP contribution in [0.2, 0.25) is 0 Å². The van der Waals surface area contributed by atoms with Crippen LogP contribution in [-0.4, -0.2) is 29.2 Å². The molecule has 0 spiro atoms. The minimum absolute atomic E-state index is 0.113. The third-order valence-corrected chi connectivity index (χ3v) is 4.54. The molecule has 1 aromatic carbocycles. The van der Waals surface area contributed by atoms with E-state index in [1.807, 2.05) is 0 Å². The normalized spacial score (nSPS) is 28.0. The Labute approximate surface area is 117 Å². The van der Waals surface area contributed by atoms with E-state index in [-0.39, 0.29) is 6.10 Å². The molecule has 1 aromatic rings. The van der Waals surface area contributed by atoms with Crippen LogP contribution < -0.4 is 0 Å². The van der Waals surface area contributed by atoms with Gasteiger partial charge in [0.15, 0.2) is 0 Å². The van der Waals surface area contributed by atoms with E-state index in [1.165, 1.54) is 5.56 Å².